The maximum absolute atomic E-state index is 11.5. The van der Waals surface area contributed by atoms with Crippen LogP contribution in [0.3, 0.4) is 0 Å². The van der Waals surface area contributed by atoms with E-state index in [1.54, 1.807) is 31.2 Å². The SMILES string of the molecule is C=C(C)Oc1ccccc1OC(=O)NCCCC. The maximum Gasteiger partial charge on any atom is 0.412 e. The van der Waals surface area contributed by atoms with Crippen molar-refractivity contribution in [2.45, 2.75) is 26.7 Å². The van der Waals surface area contributed by atoms with Gasteiger partial charge in [0.1, 0.15) is 0 Å². The van der Waals surface area contributed by atoms with Crippen LogP contribution < -0.4 is 14.8 Å². The summed E-state index contributed by atoms with van der Waals surface area (Å²) in [6.07, 6.45) is 1.48. The number of para-hydroxylation sites is 2. The fraction of sp³-hybridized carbons (Fsp3) is 0.357. The molecule has 1 rings (SSSR count). The molecule has 0 aliphatic carbocycles. The lowest BCUT2D eigenvalue weighted by molar-refractivity contribution is 0.198. The molecule has 0 aliphatic rings. The normalized spacial score (nSPS) is 9.67. The minimum absolute atomic E-state index is 0.384. The lowest BCUT2D eigenvalue weighted by Crippen LogP contribution is -2.27. The number of nitrogens with one attached hydrogen (secondary N) is 1. The molecule has 0 aliphatic heterocycles. The Morgan fingerprint density at radius 1 is 1.28 bits per heavy atom. The Labute approximate surface area is 108 Å². The highest BCUT2D eigenvalue weighted by Crippen LogP contribution is 2.27. The van der Waals surface area contributed by atoms with E-state index in [0.717, 1.165) is 12.8 Å². The van der Waals surface area contributed by atoms with Gasteiger partial charge in [-0.05, 0) is 25.5 Å². The van der Waals surface area contributed by atoms with Gasteiger partial charge in [0.25, 0.3) is 0 Å². The van der Waals surface area contributed by atoms with Crippen molar-refractivity contribution >= 4 is 6.09 Å². The topological polar surface area (TPSA) is 47.6 Å². The summed E-state index contributed by atoms with van der Waals surface area (Å²) < 4.78 is 10.5. The number of allylic oxidation sites excluding steroid dienone is 1. The molecule has 0 unspecified atom stereocenters. The molecule has 4 nitrogen and oxygen atoms in total. The third kappa shape index (κ3) is 4.91. The Kier molecular flexibility index (Phi) is 5.77. The highest BCUT2D eigenvalue weighted by atomic mass is 16.6. The first-order chi connectivity index (χ1) is 8.63. The van der Waals surface area contributed by atoms with Gasteiger partial charge in [-0.3, -0.25) is 0 Å². The molecule has 0 saturated heterocycles. The molecule has 0 radical (unpaired) electrons. The van der Waals surface area contributed by atoms with Crippen molar-refractivity contribution in [3.8, 4) is 11.5 Å². The molecule has 0 saturated carbocycles. The van der Waals surface area contributed by atoms with Crippen molar-refractivity contribution < 1.29 is 14.3 Å². The standard InChI is InChI=1S/C14H19NO3/c1-4-5-10-15-14(16)18-13-9-7-6-8-12(13)17-11(2)3/h6-9H,2,4-5,10H2,1,3H3,(H,15,16). The molecular weight excluding hydrogens is 230 g/mol. The molecule has 0 bridgehead atoms. The summed E-state index contributed by atoms with van der Waals surface area (Å²) in [5.41, 5.74) is 0. The van der Waals surface area contributed by atoms with E-state index in [4.69, 9.17) is 9.47 Å². The van der Waals surface area contributed by atoms with Crippen molar-refractivity contribution in [2.75, 3.05) is 6.54 Å². The number of hydrogen-bond donors (Lipinski definition) is 1. The molecule has 1 aromatic rings. The second kappa shape index (κ2) is 7.37. The summed E-state index contributed by atoms with van der Waals surface area (Å²) in [6, 6.07) is 6.99. The van der Waals surface area contributed by atoms with Gasteiger partial charge in [0.15, 0.2) is 11.5 Å². The molecule has 0 aromatic heterocycles. The Hall–Kier alpha value is -1.97. The van der Waals surface area contributed by atoms with E-state index in [9.17, 15) is 4.79 Å². The molecule has 1 amide bonds. The Bertz CT molecular complexity index is 415. The number of carbonyl (C=O) groups excluding carboxylic acids is 1. The first-order valence-electron chi connectivity index (χ1n) is 6.01. The highest BCUT2D eigenvalue weighted by Gasteiger charge is 2.09. The van der Waals surface area contributed by atoms with Crippen LogP contribution in [-0.2, 0) is 0 Å². The average Bonchev–Trinajstić information content (AvgIpc) is 2.31. The van der Waals surface area contributed by atoms with Gasteiger partial charge in [-0.1, -0.05) is 32.1 Å². The van der Waals surface area contributed by atoms with Crippen molar-refractivity contribution in [2.24, 2.45) is 0 Å². The molecule has 1 N–H and O–H groups in total. The predicted octanol–water partition coefficient (Wildman–Crippen LogP) is 3.49. The third-order valence-electron chi connectivity index (χ3n) is 2.14. The quantitative estimate of drug-likeness (QED) is 0.620. The van der Waals surface area contributed by atoms with Crippen LogP contribution in [0.2, 0.25) is 0 Å². The molecule has 0 spiro atoms. The van der Waals surface area contributed by atoms with E-state index in [-0.39, 0.29) is 0 Å². The van der Waals surface area contributed by atoms with Crippen LogP contribution in [0.25, 0.3) is 0 Å². The first-order valence-corrected chi connectivity index (χ1v) is 6.01. The number of rotatable bonds is 6. The van der Waals surface area contributed by atoms with Gasteiger partial charge in [-0.25, -0.2) is 4.79 Å². The fourth-order valence-corrected chi connectivity index (χ4v) is 1.31. The largest absolute Gasteiger partial charge is 0.459 e. The van der Waals surface area contributed by atoms with Crippen LogP contribution in [0.4, 0.5) is 4.79 Å². The summed E-state index contributed by atoms with van der Waals surface area (Å²) >= 11 is 0. The minimum Gasteiger partial charge on any atom is -0.459 e. The van der Waals surface area contributed by atoms with Crippen molar-refractivity contribution in [1.29, 1.82) is 0 Å². The van der Waals surface area contributed by atoms with Crippen LogP contribution in [0.15, 0.2) is 36.6 Å². The van der Waals surface area contributed by atoms with E-state index in [1.807, 2.05) is 0 Å². The number of carbonyl (C=O) groups is 1. The highest BCUT2D eigenvalue weighted by molar-refractivity contribution is 5.71. The van der Waals surface area contributed by atoms with Crippen LogP contribution in [0, 0.1) is 0 Å². The number of ether oxygens (including phenoxy) is 2. The van der Waals surface area contributed by atoms with Gasteiger partial charge in [0.2, 0.25) is 0 Å². The number of unbranched alkanes of at least 4 members (excludes halogenated alkanes) is 1. The Morgan fingerprint density at radius 3 is 2.44 bits per heavy atom. The summed E-state index contributed by atoms with van der Waals surface area (Å²) in [6.45, 7) is 8.06. The van der Waals surface area contributed by atoms with Gasteiger partial charge < -0.3 is 14.8 Å². The van der Waals surface area contributed by atoms with E-state index >= 15 is 0 Å². The van der Waals surface area contributed by atoms with Crippen molar-refractivity contribution in [3.05, 3.63) is 36.6 Å². The maximum atomic E-state index is 11.5. The molecular formula is C14H19NO3. The zero-order valence-corrected chi connectivity index (χ0v) is 10.9. The number of amides is 1. The zero-order chi connectivity index (χ0) is 13.4. The molecule has 18 heavy (non-hydrogen) atoms. The molecule has 0 atom stereocenters. The molecule has 98 valence electrons. The molecule has 4 heteroatoms. The summed E-state index contributed by atoms with van der Waals surface area (Å²) in [4.78, 5) is 11.5. The lowest BCUT2D eigenvalue weighted by Gasteiger charge is -2.11. The predicted molar refractivity (Wildman–Crippen MR) is 70.8 cm³/mol. The first kappa shape index (κ1) is 14.1. The van der Waals surface area contributed by atoms with Crippen molar-refractivity contribution in [3.63, 3.8) is 0 Å². The molecule has 0 heterocycles. The van der Waals surface area contributed by atoms with Crippen LogP contribution in [0.5, 0.6) is 11.5 Å². The van der Waals surface area contributed by atoms with E-state index in [1.165, 1.54) is 0 Å². The van der Waals surface area contributed by atoms with E-state index < -0.39 is 6.09 Å². The van der Waals surface area contributed by atoms with Crippen LogP contribution in [-0.4, -0.2) is 12.6 Å². The molecule has 1 aromatic carbocycles. The van der Waals surface area contributed by atoms with E-state index in [0.29, 0.717) is 23.8 Å². The lowest BCUT2D eigenvalue weighted by atomic mass is 10.3. The second-order valence-electron chi connectivity index (χ2n) is 3.92. The average molecular weight is 249 g/mol. The van der Waals surface area contributed by atoms with Gasteiger partial charge in [0, 0.05) is 6.54 Å². The Balaban J connectivity index is 2.60. The van der Waals surface area contributed by atoms with Crippen LogP contribution in [0.1, 0.15) is 26.7 Å². The van der Waals surface area contributed by atoms with Gasteiger partial charge in [0.05, 0.1) is 5.76 Å². The smallest absolute Gasteiger partial charge is 0.412 e. The van der Waals surface area contributed by atoms with Crippen molar-refractivity contribution in [1.82, 2.24) is 5.32 Å². The number of benzene rings is 1. The zero-order valence-electron chi connectivity index (χ0n) is 10.9. The summed E-state index contributed by atoms with van der Waals surface area (Å²) in [5.74, 6) is 1.41. The molecule has 0 fully saturated rings. The van der Waals surface area contributed by atoms with E-state index in [2.05, 4.69) is 18.8 Å². The summed E-state index contributed by atoms with van der Waals surface area (Å²) in [5, 5.41) is 2.67. The number of hydrogen-bond acceptors (Lipinski definition) is 3. The minimum atomic E-state index is -0.471. The second-order valence-corrected chi connectivity index (χ2v) is 3.92. The van der Waals surface area contributed by atoms with Gasteiger partial charge >= 0.3 is 6.09 Å². The monoisotopic (exact) mass is 249 g/mol. The Morgan fingerprint density at radius 2 is 1.89 bits per heavy atom. The van der Waals surface area contributed by atoms with Gasteiger partial charge in [-0.15, -0.1) is 0 Å². The summed E-state index contributed by atoms with van der Waals surface area (Å²) in [7, 11) is 0. The van der Waals surface area contributed by atoms with Gasteiger partial charge in [-0.2, -0.15) is 0 Å². The third-order valence-corrected chi connectivity index (χ3v) is 2.14. The van der Waals surface area contributed by atoms with Crippen LogP contribution >= 0.6 is 0 Å². The fourth-order valence-electron chi connectivity index (χ4n) is 1.31.